The fraction of sp³-hybridized carbons (Fsp3) is 1.00. The quantitative estimate of drug-likeness (QED) is 0.635. The van der Waals surface area contributed by atoms with Gasteiger partial charge in [-0.1, -0.05) is 20.8 Å². The van der Waals surface area contributed by atoms with Crippen LogP contribution in [0, 0.1) is 5.41 Å². The Balaban J connectivity index is 2.34. The molecule has 1 aliphatic carbocycles. The lowest BCUT2D eigenvalue weighted by atomic mass is 9.86. The topological polar surface area (TPSA) is 24.5 Å². The summed E-state index contributed by atoms with van der Waals surface area (Å²) in [6, 6.07) is 0.815. The first kappa shape index (κ1) is 14.9. The molecule has 1 atom stereocenters. The van der Waals surface area contributed by atoms with E-state index in [2.05, 4.69) is 31.0 Å². The third-order valence-corrected chi connectivity index (χ3v) is 3.91. The van der Waals surface area contributed by atoms with Crippen molar-refractivity contribution in [1.82, 2.24) is 10.2 Å². The molecule has 1 rings (SSSR count). The van der Waals surface area contributed by atoms with Crippen molar-refractivity contribution < 1.29 is 4.74 Å². The van der Waals surface area contributed by atoms with Crippen LogP contribution in [-0.2, 0) is 4.74 Å². The number of rotatable bonds is 10. The van der Waals surface area contributed by atoms with Gasteiger partial charge in [0.05, 0.1) is 6.61 Å². The van der Waals surface area contributed by atoms with E-state index in [1.54, 1.807) is 7.11 Å². The minimum absolute atomic E-state index is 0.395. The van der Waals surface area contributed by atoms with Crippen molar-refractivity contribution in [3.63, 3.8) is 0 Å². The molecule has 0 bridgehead atoms. The van der Waals surface area contributed by atoms with Crippen molar-refractivity contribution in [2.45, 2.75) is 46.1 Å². The summed E-state index contributed by atoms with van der Waals surface area (Å²) in [5.74, 6) is 0. The van der Waals surface area contributed by atoms with E-state index in [9.17, 15) is 0 Å². The maximum atomic E-state index is 5.17. The Hall–Kier alpha value is -0.120. The summed E-state index contributed by atoms with van der Waals surface area (Å²) in [4.78, 5) is 2.50. The number of nitrogens with zero attached hydrogens (tertiary/aromatic N) is 1. The molecule has 0 radical (unpaired) electrons. The highest BCUT2D eigenvalue weighted by atomic mass is 16.5. The second-order valence-corrected chi connectivity index (χ2v) is 5.68. The fourth-order valence-corrected chi connectivity index (χ4v) is 2.08. The molecular formula is C14H30N2O. The van der Waals surface area contributed by atoms with E-state index in [-0.39, 0.29) is 0 Å². The van der Waals surface area contributed by atoms with Crippen LogP contribution in [0.5, 0.6) is 0 Å². The average Bonchev–Trinajstić information content (AvgIpc) is 3.16. The van der Waals surface area contributed by atoms with Crippen molar-refractivity contribution >= 4 is 0 Å². The molecule has 1 saturated carbocycles. The summed E-state index contributed by atoms with van der Waals surface area (Å²) >= 11 is 0. The van der Waals surface area contributed by atoms with Gasteiger partial charge in [0.25, 0.3) is 0 Å². The molecule has 0 aliphatic heterocycles. The van der Waals surface area contributed by atoms with Crippen molar-refractivity contribution in [3.8, 4) is 0 Å². The van der Waals surface area contributed by atoms with E-state index in [1.807, 2.05) is 0 Å². The van der Waals surface area contributed by atoms with Gasteiger partial charge >= 0.3 is 0 Å². The average molecular weight is 242 g/mol. The van der Waals surface area contributed by atoms with Gasteiger partial charge in [-0.05, 0) is 31.2 Å². The summed E-state index contributed by atoms with van der Waals surface area (Å²) in [5.41, 5.74) is 0.395. The van der Waals surface area contributed by atoms with Crippen molar-refractivity contribution in [3.05, 3.63) is 0 Å². The molecule has 0 aromatic heterocycles. The minimum atomic E-state index is 0.395. The molecular weight excluding hydrogens is 212 g/mol. The van der Waals surface area contributed by atoms with Gasteiger partial charge in [0.1, 0.15) is 0 Å². The zero-order valence-corrected chi connectivity index (χ0v) is 12.1. The summed E-state index contributed by atoms with van der Waals surface area (Å²) in [5, 5.41) is 3.68. The second-order valence-electron chi connectivity index (χ2n) is 5.68. The van der Waals surface area contributed by atoms with Crippen LogP contribution in [0.15, 0.2) is 0 Å². The van der Waals surface area contributed by atoms with E-state index in [4.69, 9.17) is 4.74 Å². The maximum absolute atomic E-state index is 5.17. The van der Waals surface area contributed by atoms with Crippen LogP contribution in [0.2, 0.25) is 0 Å². The van der Waals surface area contributed by atoms with Crippen LogP contribution in [0.3, 0.4) is 0 Å². The predicted molar refractivity (Wildman–Crippen MR) is 73.4 cm³/mol. The lowest BCUT2D eigenvalue weighted by molar-refractivity contribution is 0.112. The summed E-state index contributed by atoms with van der Waals surface area (Å²) in [7, 11) is 1.78. The highest BCUT2D eigenvalue weighted by Crippen LogP contribution is 2.25. The second kappa shape index (κ2) is 7.34. The van der Waals surface area contributed by atoms with Gasteiger partial charge in [-0.2, -0.15) is 0 Å². The number of hydrogen-bond acceptors (Lipinski definition) is 3. The van der Waals surface area contributed by atoms with Crippen LogP contribution in [0.1, 0.15) is 40.0 Å². The Kier molecular flexibility index (Phi) is 6.45. The molecule has 0 aromatic rings. The molecule has 0 heterocycles. The molecule has 1 fully saturated rings. The van der Waals surface area contributed by atoms with Gasteiger partial charge in [-0.3, -0.25) is 0 Å². The lowest BCUT2D eigenvalue weighted by Gasteiger charge is -2.34. The fourth-order valence-electron chi connectivity index (χ4n) is 2.08. The largest absolute Gasteiger partial charge is 0.383 e. The first-order chi connectivity index (χ1) is 8.13. The number of nitrogens with one attached hydrogen (secondary N) is 1. The van der Waals surface area contributed by atoms with Crippen molar-refractivity contribution in [2.75, 3.05) is 39.9 Å². The third kappa shape index (κ3) is 5.84. The standard InChI is InChI=1S/C14H30N2O/c1-5-14(3,11-15-13-7-8-13)12-16(6-2)9-10-17-4/h13,15H,5-12H2,1-4H3. The van der Waals surface area contributed by atoms with Gasteiger partial charge in [0.15, 0.2) is 0 Å². The van der Waals surface area contributed by atoms with Gasteiger partial charge in [0, 0.05) is 32.8 Å². The maximum Gasteiger partial charge on any atom is 0.0589 e. The highest BCUT2D eigenvalue weighted by molar-refractivity contribution is 4.86. The van der Waals surface area contributed by atoms with E-state index >= 15 is 0 Å². The Bertz CT molecular complexity index is 206. The number of ether oxygens (including phenoxy) is 1. The first-order valence-corrected chi connectivity index (χ1v) is 7.08. The van der Waals surface area contributed by atoms with Crippen LogP contribution in [0.4, 0.5) is 0 Å². The number of likely N-dealkylation sites (N-methyl/N-ethyl adjacent to an activating group) is 1. The summed E-state index contributed by atoms with van der Waals surface area (Å²) in [6.07, 6.45) is 3.98. The van der Waals surface area contributed by atoms with Gasteiger partial charge in [-0.15, -0.1) is 0 Å². The van der Waals surface area contributed by atoms with Gasteiger partial charge < -0.3 is 15.0 Å². The number of hydrogen-bond donors (Lipinski definition) is 1. The number of methoxy groups -OCH3 is 1. The van der Waals surface area contributed by atoms with Gasteiger partial charge in [-0.25, -0.2) is 0 Å². The predicted octanol–water partition coefficient (Wildman–Crippen LogP) is 2.12. The lowest BCUT2D eigenvalue weighted by Crippen LogP contribution is -2.43. The smallest absolute Gasteiger partial charge is 0.0589 e. The van der Waals surface area contributed by atoms with Crippen LogP contribution < -0.4 is 5.32 Å². The monoisotopic (exact) mass is 242 g/mol. The highest BCUT2D eigenvalue weighted by Gasteiger charge is 2.28. The molecule has 3 heteroatoms. The van der Waals surface area contributed by atoms with Crippen molar-refractivity contribution in [1.29, 1.82) is 0 Å². The van der Waals surface area contributed by atoms with E-state index in [0.29, 0.717) is 5.41 Å². The molecule has 102 valence electrons. The van der Waals surface area contributed by atoms with Crippen LogP contribution >= 0.6 is 0 Å². The molecule has 0 spiro atoms. The summed E-state index contributed by atoms with van der Waals surface area (Å²) < 4.78 is 5.17. The molecule has 1 aliphatic rings. The zero-order valence-electron chi connectivity index (χ0n) is 12.1. The Morgan fingerprint density at radius 1 is 1.35 bits per heavy atom. The van der Waals surface area contributed by atoms with E-state index in [0.717, 1.165) is 32.3 Å². The van der Waals surface area contributed by atoms with Crippen LogP contribution in [-0.4, -0.2) is 50.8 Å². The zero-order chi connectivity index (χ0) is 12.7. The Morgan fingerprint density at radius 2 is 2.06 bits per heavy atom. The molecule has 3 nitrogen and oxygen atoms in total. The SMILES string of the molecule is CCN(CCOC)CC(C)(CC)CNC1CC1. The molecule has 0 saturated heterocycles. The third-order valence-electron chi connectivity index (χ3n) is 3.91. The molecule has 17 heavy (non-hydrogen) atoms. The van der Waals surface area contributed by atoms with E-state index < -0.39 is 0 Å². The van der Waals surface area contributed by atoms with Crippen molar-refractivity contribution in [2.24, 2.45) is 5.41 Å². The molecule has 0 amide bonds. The Labute approximate surface area is 107 Å². The van der Waals surface area contributed by atoms with Crippen LogP contribution in [0.25, 0.3) is 0 Å². The Morgan fingerprint density at radius 3 is 2.53 bits per heavy atom. The first-order valence-electron chi connectivity index (χ1n) is 7.08. The molecule has 1 N–H and O–H groups in total. The minimum Gasteiger partial charge on any atom is -0.383 e. The van der Waals surface area contributed by atoms with E-state index in [1.165, 1.54) is 25.8 Å². The normalized spacial score (nSPS) is 19.6. The molecule has 0 aromatic carbocycles. The molecule has 1 unspecified atom stereocenters. The van der Waals surface area contributed by atoms with Gasteiger partial charge in [0.2, 0.25) is 0 Å². The summed E-state index contributed by atoms with van der Waals surface area (Å²) in [6.45, 7) is 12.3.